The Balaban J connectivity index is 1.21. The molecule has 0 unspecified atom stereocenters. The second-order valence-electron chi connectivity index (χ2n) is 11.0. The highest BCUT2D eigenvalue weighted by Gasteiger charge is 2.33. The van der Waals surface area contributed by atoms with Crippen LogP contribution in [0.4, 0.5) is 0 Å². The highest BCUT2D eigenvalue weighted by atomic mass is 32.1. The van der Waals surface area contributed by atoms with Gasteiger partial charge in [-0.3, -0.25) is 4.79 Å². The molecule has 3 aliphatic heterocycles. The smallest absolute Gasteiger partial charge is 0.242 e. The zero-order chi connectivity index (χ0) is 26.0. The number of pyridine rings is 1. The molecule has 3 aliphatic rings. The summed E-state index contributed by atoms with van der Waals surface area (Å²) in [6, 6.07) is -0.197. The molecule has 0 spiro atoms. The number of aromatic amines is 1. The van der Waals surface area contributed by atoms with Crippen LogP contribution in [-0.2, 0) is 16.0 Å². The maximum absolute atomic E-state index is 13.0. The van der Waals surface area contributed by atoms with Crippen molar-refractivity contribution in [2.24, 2.45) is 0 Å². The van der Waals surface area contributed by atoms with Gasteiger partial charge < -0.3 is 24.7 Å². The molecule has 4 aromatic rings. The number of thiophene rings is 1. The van der Waals surface area contributed by atoms with Crippen LogP contribution >= 0.6 is 11.3 Å². The molecule has 2 fully saturated rings. The SMILES string of the molecule is Cc1c(C2CCN(C(=O)[C@H]3COCCN3)CC2)sc2[nH]c(-c3cn4ncnc4c4c3CCO4)c(C(C)C)c12. The number of rotatable bonds is 4. The molecule has 1 amide bonds. The van der Waals surface area contributed by atoms with Gasteiger partial charge in [0.2, 0.25) is 5.91 Å². The van der Waals surface area contributed by atoms with E-state index in [0.29, 0.717) is 31.7 Å². The number of fused-ring (bicyclic) bond motifs is 4. The third-order valence-corrected chi connectivity index (χ3v) is 9.80. The van der Waals surface area contributed by atoms with Crippen molar-refractivity contribution in [1.82, 2.24) is 29.8 Å². The van der Waals surface area contributed by atoms with Crippen molar-refractivity contribution in [3.63, 3.8) is 0 Å². The fourth-order valence-electron chi connectivity index (χ4n) is 6.57. The Morgan fingerprint density at radius 3 is 2.84 bits per heavy atom. The first-order valence-corrected chi connectivity index (χ1v) is 14.6. The first kappa shape index (κ1) is 24.1. The minimum atomic E-state index is -0.197. The van der Waals surface area contributed by atoms with Gasteiger partial charge in [0.05, 0.1) is 25.5 Å². The molecule has 4 aromatic heterocycles. The number of H-pyrrole nitrogens is 1. The summed E-state index contributed by atoms with van der Waals surface area (Å²) in [5.74, 6) is 1.88. The predicted octanol–water partition coefficient (Wildman–Crippen LogP) is 4.00. The summed E-state index contributed by atoms with van der Waals surface area (Å²) >= 11 is 1.90. The zero-order valence-corrected chi connectivity index (χ0v) is 23.0. The summed E-state index contributed by atoms with van der Waals surface area (Å²) in [4.78, 5) is 25.9. The molecule has 200 valence electrons. The fraction of sp³-hybridized carbons (Fsp3) is 0.536. The molecule has 7 heterocycles. The summed E-state index contributed by atoms with van der Waals surface area (Å²) < 4.78 is 13.3. The Morgan fingerprint density at radius 1 is 1.24 bits per heavy atom. The number of carbonyl (C=O) groups excluding carboxylic acids is 1. The van der Waals surface area contributed by atoms with Crippen molar-refractivity contribution in [2.45, 2.75) is 57.9 Å². The third-order valence-electron chi connectivity index (χ3n) is 8.43. The number of hydrogen-bond acceptors (Lipinski definition) is 7. The molecular formula is C28H34N6O3S. The lowest BCUT2D eigenvalue weighted by Gasteiger charge is -2.35. The molecule has 0 aliphatic carbocycles. The minimum absolute atomic E-state index is 0.186. The van der Waals surface area contributed by atoms with Crippen LogP contribution in [0.15, 0.2) is 12.5 Å². The number of nitrogens with zero attached hydrogens (tertiary/aromatic N) is 4. The molecule has 2 N–H and O–H groups in total. The zero-order valence-electron chi connectivity index (χ0n) is 22.2. The lowest BCUT2D eigenvalue weighted by atomic mass is 9.89. The number of morpholine rings is 1. The standard InChI is InChI=1S/C28H34N6O3S/c1-15(2)21-22-16(3)25(17-4-8-33(9-5-17)28(35)20-13-36-11-7-29-20)38-27(22)32-23(21)19-12-34-26(30-14-31-34)24-18(19)6-10-37-24/h12,14-15,17,20,29,32H,4-11,13H2,1-3H3/t20-/m1/s1. The van der Waals surface area contributed by atoms with E-state index in [1.54, 1.807) is 6.33 Å². The van der Waals surface area contributed by atoms with E-state index in [0.717, 1.165) is 55.9 Å². The number of nitrogens with one attached hydrogen (secondary N) is 2. The summed E-state index contributed by atoms with van der Waals surface area (Å²) in [7, 11) is 0. The Kier molecular flexibility index (Phi) is 5.94. The monoisotopic (exact) mass is 534 g/mol. The average molecular weight is 535 g/mol. The van der Waals surface area contributed by atoms with Gasteiger partial charge >= 0.3 is 0 Å². The fourth-order valence-corrected chi connectivity index (χ4v) is 7.97. The van der Waals surface area contributed by atoms with Crippen molar-refractivity contribution in [3.05, 3.63) is 34.1 Å². The predicted molar refractivity (Wildman–Crippen MR) is 147 cm³/mol. The molecule has 10 heteroatoms. The molecule has 7 rings (SSSR count). The maximum Gasteiger partial charge on any atom is 0.242 e. The number of piperidine rings is 1. The van der Waals surface area contributed by atoms with Crippen LogP contribution in [0.5, 0.6) is 5.75 Å². The molecule has 2 saturated heterocycles. The maximum atomic E-state index is 13.0. The van der Waals surface area contributed by atoms with Crippen LogP contribution in [-0.4, -0.2) is 75.9 Å². The summed E-state index contributed by atoms with van der Waals surface area (Å²) in [6.45, 7) is 11.0. The van der Waals surface area contributed by atoms with E-state index in [1.807, 2.05) is 20.8 Å². The first-order valence-electron chi connectivity index (χ1n) is 13.7. The van der Waals surface area contributed by atoms with Crippen molar-refractivity contribution >= 4 is 33.1 Å². The molecule has 0 radical (unpaired) electrons. The number of likely N-dealkylation sites (tertiary alicyclic amines) is 1. The third kappa shape index (κ3) is 3.76. The van der Waals surface area contributed by atoms with Crippen LogP contribution in [0.3, 0.4) is 0 Å². The van der Waals surface area contributed by atoms with Crippen LogP contribution in [0, 0.1) is 6.92 Å². The molecule has 0 saturated carbocycles. The molecule has 9 nitrogen and oxygen atoms in total. The van der Waals surface area contributed by atoms with Crippen molar-refractivity contribution in [3.8, 4) is 17.0 Å². The molecule has 1 atom stereocenters. The second-order valence-corrected chi connectivity index (χ2v) is 12.1. The molecule has 38 heavy (non-hydrogen) atoms. The van der Waals surface area contributed by atoms with Gasteiger partial charge in [0, 0.05) is 53.6 Å². The second kappa shape index (κ2) is 9.36. The van der Waals surface area contributed by atoms with Crippen LogP contribution < -0.4 is 10.1 Å². The van der Waals surface area contributed by atoms with E-state index in [1.165, 1.54) is 37.5 Å². The van der Waals surface area contributed by atoms with Gasteiger partial charge in [-0.2, -0.15) is 5.10 Å². The normalized spacial score (nSPS) is 20.5. The number of carbonyl (C=O) groups is 1. The van der Waals surface area contributed by atoms with Gasteiger partial charge in [0.25, 0.3) is 0 Å². The van der Waals surface area contributed by atoms with E-state index in [9.17, 15) is 4.79 Å². The Labute approximate surface area is 225 Å². The van der Waals surface area contributed by atoms with Crippen LogP contribution in [0.25, 0.3) is 27.1 Å². The van der Waals surface area contributed by atoms with Crippen LogP contribution in [0.2, 0.25) is 0 Å². The van der Waals surface area contributed by atoms with E-state index >= 15 is 0 Å². The van der Waals surface area contributed by atoms with Crippen molar-refractivity contribution in [1.29, 1.82) is 0 Å². The van der Waals surface area contributed by atoms with Gasteiger partial charge in [-0.15, -0.1) is 11.3 Å². The highest BCUT2D eigenvalue weighted by molar-refractivity contribution is 7.19. The van der Waals surface area contributed by atoms with E-state index in [2.05, 4.69) is 47.4 Å². The van der Waals surface area contributed by atoms with E-state index in [-0.39, 0.29) is 11.9 Å². The Bertz CT molecular complexity index is 1520. The van der Waals surface area contributed by atoms with Gasteiger partial charge in [-0.05, 0) is 42.7 Å². The number of ether oxygens (including phenoxy) is 2. The topological polar surface area (TPSA) is 96.8 Å². The van der Waals surface area contributed by atoms with Gasteiger partial charge in [-0.1, -0.05) is 13.8 Å². The largest absolute Gasteiger partial charge is 0.489 e. The quantitative estimate of drug-likeness (QED) is 0.411. The minimum Gasteiger partial charge on any atom is -0.489 e. The number of aromatic nitrogens is 4. The Morgan fingerprint density at radius 2 is 2.08 bits per heavy atom. The summed E-state index contributed by atoms with van der Waals surface area (Å²) in [5, 5.41) is 9.09. The molecular weight excluding hydrogens is 500 g/mol. The van der Waals surface area contributed by atoms with Gasteiger partial charge in [0.15, 0.2) is 11.4 Å². The van der Waals surface area contributed by atoms with E-state index in [4.69, 9.17) is 9.47 Å². The highest BCUT2D eigenvalue weighted by Crippen LogP contribution is 2.47. The molecule has 0 bridgehead atoms. The van der Waals surface area contributed by atoms with E-state index < -0.39 is 0 Å². The van der Waals surface area contributed by atoms with Crippen molar-refractivity contribution in [2.75, 3.05) is 39.5 Å². The first-order chi connectivity index (χ1) is 18.5. The lowest BCUT2D eigenvalue weighted by Crippen LogP contribution is -2.53. The number of hydrogen-bond donors (Lipinski definition) is 2. The van der Waals surface area contributed by atoms with Crippen LogP contribution in [0.1, 0.15) is 60.1 Å². The summed E-state index contributed by atoms with van der Waals surface area (Å²) in [5.41, 5.74) is 7.10. The average Bonchev–Trinajstić information content (AvgIpc) is 3.72. The Hall–Kier alpha value is -2.95. The van der Waals surface area contributed by atoms with Gasteiger partial charge in [-0.25, -0.2) is 9.50 Å². The van der Waals surface area contributed by atoms with Crippen molar-refractivity contribution < 1.29 is 14.3 Å². The summed E-state index contributed by atoms with van der Waals surface area (Å²) in [6.07, 6.45) is 6.57. The molecule has 0 aromatic carbocycles. The number of aryl methyl sites for hydroxylation is 1. The van der Waals surface area contributed by atoms with Gasteiger partial charge in [0.1, 0.15) is 17.2 Å². The number of amides is 1. The lowest BCUT2D eigenvalue weighted by molar-refractivity contribution is -0.137.